The van der Waals surface area contributed by atoms with Gasteiger partial charge in [-0.15, -0.1) is 0 Å². The van der Waals surface area contributed by atoms with E-state index in [0.29, 0.717) is 11.6 Å². The van der Waals surface area contributed by atoms with Crippen LogP contribution in [0.15, 0.2) is 42.5 Å². The number of benzene rings is 2. The molecule has 7 heteroatoms. The first-order chi connectivity index (χ1) is 14.5. The lowest BCUT2D eigenvalue weighted by atomic mass is 9.96. The lowest BCUT2D eigenvalue weighted by Gasteiger charge is -2.31. The number of nitrogens with zero attached hydrogens (tertiary/aromatic N) is 2. The van der Waals surface area contributed by atoms with Crippen molar-refractivity contribution in [3.63, 3.8) is 0 Å². The number of aromatic nitrogens is 2. The van der Waals surface area contributed by atoms with Crippen molar-refractivity contribution in [1.29, 1.82) is 0 Å². The predicted octanol–water partition coefficient (Wildman–Crippen LogP) is 4.54. The highest BCUT2D eigenvalue weighted by atomic mass is 35.5. The van der Waals surface area contributed by atoms with Gasteiger partial charge in [-0.2, -0.15) is 0 Å². The number of carbonyl (C=O) groups is 1. The predicted molar refractivity (Wildman–Crippen MR) is 120 cm³/mol. The van der Waals surface area contributed by atoms with Gasteiger partial charge < -0.3 is 19.9 Å². The number of anilines is 1. The Kier molecular flexibility index (Phi) is 6.13. The third-order valence-electron chi connectivity index (χ3n) is 5.36. The van der Waals surface area contributed by atoms with Crippen LogP contribution in [0.25, 0.3) is 11.0 Å². The number of hydrogen-bond acceptors (Lipinski definition) is 4. The number of aromatic amines is 1. The van der Waals surface area contributed by atoms with E-state index in [0.717, 1.165) is 54.2 Å². The Morgan fingerprint density at radius 1 is 1.23 bits per heavy atom. The molecule has 0 saturated carbocycles. The number of imidazole rings is 1. The minimum atomic E-state index is 0.0311. The Balaban J connectivity index is 1.27. The summed E-state index contributed by atoms with van der Waals surface area (Å²) in [6, 6.07) is 13.5. The molecule has 2 aromatic carbocycles. The first-order valence-corrected chi connectivity index (χ1v) is 10.8. The van der Waals surface area contributed by atoms with Gasteiger partial charge in [-0.1, -0.05) is 23.7 Å². The molecule has 158 valence electrons. The van der Waals surface area contributed by atoms with Crippen molar-refractivity contribution in [3.05, 3.63) is 53.1 Å². The van der Waals surface area contributed by atoms with Gasteiger partial charge in [-0.05, 0) is 62.6 Å². The summed E-state index contributed by atoms with van der Waals surface area (Å²) < 4.78 is 5.66. The molecule has 1 aliphatic rings. The SMILES string of the molecule is CC(C)Oc1ccc(CNC(=O)C2CCN(c3nc4ccc(Cl)cc4[nH]3)CC2)cc1. The van der Waals surface area contributed by atoms with Crippen LogP contribution >= 0.6 is 11.6 Å². The summed E-state index contributed by atoms with van der Waals surface area (Å²) in [5.74, 6) is 1.84. The van der Waals surface area contributed by atoms with Crippen LogP contribution in [0.1, 0.15) is 32.3 Å². The van der Waals surface area contributed by atoms with Crippen molar-refractivity contribution in [1.82, 2.24) is 15.3 Å². The van der Waals surface area contributed by atoms with E-state index in [1.807, 2.05) is 56.3 Å². The van der Waals surface area contributed by atoms with Crippen LogP contribution in [0.4, 0.5) is 5.95 Å². The molecule has 0 radical (unpaired) electrons. The van der Waals surface area contributed by atoms with E-state index >= 15 is 0 Å². The molecular formula is C23H27ClN4O2. The minimum Gasteiger partial charge on any atom is -0.491 e. The van der Waals surface area contributed by atoms with Crippen molar-refractivity contribution >= 4 is 34.5 Å². The average Bonchev–Trinajstić information content (AvgIpc) is 3.16. The third kappa shape index (κ3) is 4.87. The second-order valence-corrected chi connectivity index (χ2v) is 8.45. The second-order valence-electron chi connectivity index (χ2n) is 8.01. The molecule has 2 N–H and O–H groups in total. The Morgan fingerprint density at radius 2 is 1.97 bits per heavy atom. The van der Waals surface area contributed by atoms with Gasteiger partial charge in [0.05, 0.1) is 17.1 Å². The van der Waals surface area contributed by atoms with E-state index in [1.54, 1.807) is 0 Å². The Bertz CT molecular complexity index is 1010. The molecule has 2 heterocycles. The maximum absolute atomic E-state index is 12.6. The van der Waals surface area contributed by atoms with Crippen molar-refractivity contribution in [2.24, 2.45) is 5.92 Å². The van der Waals surface area contributed by atoms with E-state index in [-0.39, 0.29) is 17.9 Å². The Labute approximate surface area is 181 Å². The highest BCUT2D eigenvalue weighted by Gasteiger charge is 2.26. The van der Waals surface area contributed by atoms with Crippen molar-refractivity contribution in [2.45, 2.75) is 39.3 Å². The van der Waals surface area contributed by atoms with Crippen molar-refractivity contribution in [2.75, 3.05) is 18.0 Å². The maximum atomic E-state index is 12.6. The summed E-state index contributed by atoms with van der Waals surface area (Å²) in [6.45, 7) is 6.14. The fourth-order valence-electron chi connectivity index (χ4n) is 3.76. The number of carbonyl (C=O) groups excluding carboxylic acids is 1. The molecule has 0 spiro atoms. The quantitative estimate of drug-likeness (QED) is 0.607. The van der Waals surface area contributed by atoms with E-state index in [4.69, 9.17) is 16.3 Å². The number of rotatable bonds is 6. The van der Waals surface area contributed by atoms with E-state index in [9.17, 15) is 4.79 Å². The van der Waals surface area contributed by atoms with Crippen LogP contribution in [-0.2, 0) is 11.3 Å². The average molecular weight is 427 g/mol. The zero-order valence-electron chi connectivity index (χ0n) is 17.3. The summed E-state index contributed by atoms with van der Waals surface area (Å²) >= 11 is 6.06. The van der Waals surface area contributed by atoms with Crippen molar-refractivity contribution in [3.8, 4) is 5.75 Å². The second kappa shape index (κ2) is 8.96. The monoisotopic (exact) mass is 426 g/mol. The summed E-state index contributed by atoms with van der Waals surface area (Å²) in [5.41, 5.74) is 2.90. The lowest BCUT2D eigenvalue weighted by Crippen LogP contribution is -2.40. The standard InChI is InChI=1S/C23H27ClN4O2/c1-15(2)30-19-6-3-16(4-7-19)14-25-22(29)17-9-11-28(12-10-17)23-26-20-8-5-18(24)13-21(20)27-23/h3-8,13,15,17H,9-12,14H2,1-2H3,(H,25,29)(H,26,27). The van der Waals surface area contributed by atoms with E-state index in [2.05, 4.69) is 20.2 Å². The van der Waals surface area contributed by atoms with Crippen LogP contribution in [0.2, 0.25) is 5.02 Å². The van der Waals surface area contributed by atoms with Crippen molar-refractivity contribution < 1.29 is 9.53 Å². The Morgan fingerprint density at radius 3 is 2.67 bits per heavy atom. The van der Waals surface area contributed by atoms with Gasteiger partial charge in [-0.25, -0.2) is 4.98 Å². The highest BCUT2D eigenvalue weighted by Crippen LogP contribution is 2.25. The zero-order chi connectivity index (χ0) is 21.1. The number of amides is 1. The number of fused-ring (bicyclic) bond motifs is 1. The normalized spacial score (nSPS) is 15.0. The lowest BCUT2D eigenvalue weighted by molar-refractivity contribution is -0.125. The van der Waals surface area contributed by atoms with Crippen LogP contribution < -0.4 is 15.0 Å². The molecular weight excluding hydrogens is 400 g/mol. The highest BCUT2D eigenvalue weighted by molar-refractivity contribution is 6.31. The number of piperidine rings is 1. The van der Waals surface area contributed by atoms with Crippen LogP contribution in [0.5, 0.6) is 5.75 Å². The molecule has 4 rings (SSSR count). The van der Waals surface area contributed by atoms with Gasteiger partial charge in [0, 0.05) is 30.6 Å². The van der Waals surface area contributed by atoms with Gasteiger partial charge in [0.1, 0.15) is 5.75 Å². The molecule has 1 fully saturated rings. The topological polar surface area (TPSA) is 70.2 Å². The fourth-order valence-corrected chi connectivity index (χ4v) is 3.94. The fraction of sp³-hybridized carbons (Fsp3) is 0.391. The van der Waals surface area contributed by atoms with Gasteiger partial charge in [0.2, 0.25) is 11.9 Å². The minimum absolute atomic E-state index is 0.0311. The van der Waals surface area contributed by atoms with Gasteiger partial charge in [0.25, 0.3) is 0 Å². The van der Waals surface area contributed by atoms with Gasteiger partial charge >= 0.3 is 0 Å². The number of H-pyrrole nitrogens is 1. The summed E-state index contributed by atoms with van der Waals surface area (Å²) in [7, 11) is 0. The van der Waals surface area contributed by atoms with E-state index < -0.39 is 0 Å². The molecule has 0 aliphatic carbocycles. The zero-order valence-corrected chi connectivity index (χ0v) is 18.1. The molecule has 3 aromatic rings. The number of halogens is 1. The largest absolute Gasteiger partial charge is 0.491 e. The molecule has 0 bridgehead atoms. The van der Waals surface area contributed by atoms with Crippen LogP contribution in [-0.4, -0.2) is 35.1 Å². The number of ether oxygens (including phenoxy) is 1. The molecule has 1 aromatic heterocycles. The summed E-state index contributed by atoms with van der Waals surface area (Å²) in [6.07, 6.45) is 1.77. The van der Waals surface area contributed by atoms with Crippen LogP contribution in [0, 0.1) is 5.92 Å². The summed E-state index contributed by atoms with van der Waals surface area (Å²) in [5, 5.41) is 3.76. The van der Waals surface area contributed by atoms with Gasteiger partial charge in [-0.3, -0.25) is 4.79 Å². The molecule has 30 heavy (non-hydrogen) atoms. The van der Waals surface area contributed by atoms with Crippen LogP contribution in [0.3, 0.4) is 0 Å². The maximum Gasteiger partial charge on any atom is 0.223 e. The van der Waals surface area contributed by atoms with Gasteiger partial charge in [0.15, 0.2) is 0 Å². The number of hydrogen-bond donors (Lipinski definition) is 2. The first-order valence-electron chi connectivity index (χ1n) is 10.4. The first kappa shape index (κ1) is 20.5. The molecule has 6 nitrogen and oxygen atoms in total. The molecule has 0 atom stereocenters. The molecule has 1 saturated heterocycles. The smallest absolute Gasteiger partial charge is 0.223 e. The number of nitrogens with one attached hydrogen (secondary N) is 2. The summed E-state index contributed by atoms with van der Waals surface area (Å²) in [4.78, 5) is 22.8. The Hall–Kier alpha value is -2.73. The van der Waals surface area contributed by atoms with E-state index in [1.165, 1.54) is 0 Å². The third-order valence-corrected chi connectivity index (χ3v) is 5.59. The molecule has 1 aliphatic heterocycles. The molecule has 1 amide bonds. The molecule has 0 unspecified atom stereocenters.